The molecule has 0 saturated carbocycles. The van der Waals surface area contributed by atoms with Crippen molar-refractivity contribution in [1.82, 2.24) is 38.9 Å². The number of pyridine rings is 2. The zero-order chi connectivity index (χ0) is 68.2. The fourth-order valence-electron chi connectivity index (χ4n) is 11.8. The van der Waals surface area contributed by atoms with E-state index in [1.54, 1.807) is 43.2 Å². The third kappa shape index (κ3) is 13.9. The standard InChI is InChI=1S/2C35H28F3N5O5/c2*1-19(44)42-16-31(32(17-42)47-2)43-30-12-21(35(45)46)8-9-29(30)40-33(43)13-23-11-27(38)24(14-26(23)37)28-4-3-5-34(41-28)48-18-22-7-6-20(15-39)10-25(22)36/h2*3-12,14,31-32H,13,16-18H2,1-2H3,(H,45,46)/t2*31-,32-/m00/s1. The highest BCUT2D eigenvalue weighted by Crippen LogP contribution is 2.36. The summed E-state index contributed by atoms with van der Waals surface area (Å²) in [5.74, 6) is -6.05. The number of amides is 2. The fourth-order valence-corrected chi connectivity index (χ4v) is 11.8. The Morgan fingerprint density at radius 1 is 0.490 bits per heavy atom. The molecule has 2 fully saturated rings. The number of aromatic carboxylic acids is 2. The van der Waals surface area contributed by atoms with E-state index in [-0.39, 0.29) is 130 Å². The summed E-state index contributed by atoms with van der Waals surface area (Å²) in [4.78, 5) is 69.2. The van der Waals surface area contributed by atoms with Gasteiger partial charge in [-0.2, -0.15) is 10.5 Å². The van der Waals surface area contributed by atoms with E-state index in [1.165, 1.54) is 101 Å². The van der Waals surface area contributed by atoms with Crippen LogP contribution in [0.5, 0.6) is 11.8 Å². The van der Waals surface area contributed by atoms with Gasteiger partial charge in [-0.05, 0) is 108 Å². The van der Waals surface area contributed by atoms with Gasteiger partial charge in [0.05, 0.1) is 92.1 Å². The summed E-state index contributed by atoms with van der Waals surface area (Å²) < 4.78 is 117. The number of carboxylic acids is 2. The molecule has 4 aromatic heterocycles. The number of carboxylic acid groups (broad SMARTS) is 2. The smallest absolute Gasteiger partial charge is 0.335 e. The third-order valence-corrected chi connectivity index (χ3v) is 16.7. The molecule has 0 spiro atoms. The summed E-state index contributed by atoms with van der Waals surface area (Å²) in [6.07, 6.45) is -1.23. The monoisotopic (exact) mass is 1310 g/mol. The van der Waals surface area contributed by atoms with Crippen molar-refractivity contribution in [2.45, 2.75) is 64.2 Å². The maximum Gasteiger partial charge on any atom is 0.335 e. The van der Waals surface area contributed by atoms with Crippen LogP contribution in [-0.2, 0) is 45.1 Å². The Hall–Kier alpha value is -11.5. The van der Waals surface area contributed by atoms with Gasteiger partial charge in [0, 0.05) is 101 Å². The van der Waals surface area contributed by atoms with Gasteiger partial charge in [0.1, 0.15) is 59.8 Å². The molecule has 96 heavy (non-hydrogen) atoms. The van der Waals surface area contributed by atoms with Crippen LogP contribution in [-0.4, -0.2) is 125 Å². The number of carbonyl (C=O) groups is 4. The number of hydrogen-bond donors (Lipinski definition) is 2. The second-order valence-electron chi connectivity index (χ2n) is 22.7. The van der Waals surface area contributed by atoms with Crippen LogP contribution in [0.4, 0.5) is 26.3 Å². The van der Waals surface area contributed by atoms with Crippen molar-refractivity contribution < 1.29 is 74.7 Å². The van der Waals surface area contributed by atoms with E-state index >= 15 is 17.6 Å². The molecule has 10 aromatic rings. The minimum absolute atomic E-state index is 0.00894. The topological polar surface area (TPSA) is 261 Å². The molecule has 6 aromatic carbocycles. The van der Waals surface area contributed by atoms with E-state index in [1.807, 2.05) is 12.1 Å². The summed E-state index contributed by atoms with van der Waals surface area (Å²) >= 11 is 0. The Labute approximate surface area is 543 Å². The van der Waals surface area contributed by atoms with Gasteiger partial charge >= 0.3 is 11.9 Å². The largest absolute Gasteiger partial charge is 0.478 e. The minimum atomic E-state index is -1.14. The van der Waals surface area contributed by atoms with E-state index in [0.717, 1.165) is 36.4 Å². The summed E-state index contributed by atoms with van der Waals surface area (Å²) in [6.45, 7) is 3.57. The number of imidazole rings is 2. The molecule has 0 radical (unpaired) electrons. The van der Waals surface area contributed by atoms with E-state index in [4.69, 9.17) is 29.5 Å². The molecular weight excluding hydrogens is 1250 g/mol. The Kier molecular flexibility index (Phi) is 19.2. The van der Waals surface area contributed by atoms with Crippen LogP contribution in [0, 0.1) is 57.6 Å². The minimum Gasteiger partial charge on any atom is -0.478 e. The van der Waals surface area contributed by atoms with Crippen molar-refractivity contribution in [1.29, 1.82) is 10.5 Å². The lowest BCUT2D eigenvalue weighted by atomic mass is 10.0. The number of halogens is 6. The zero-order valence-electron chi connectivity index (χ0n) is 51.6. The molecule has 2 saturated heterocycles. The van der Waals surface area contributed by atoms with Gasteiger partial charge in [0.25, 0.3) is 0 Å². The Bertz CT molecular complexity index is 4520. The number of carbonyl (C=O) groups excluding carboxylic acids is 2. The summed E-state index contributed by atoms with van der Waals surface area (Å²) in [5.41, 5.74) is 2.48. The van der Waals surface area contributed by atoms with Gasteiger partial charge in [0.2, 0.25) is 23.6 Å². The normalized spacial score (nSPS) is 15.9. The van der Waals surface area contributed by atoms with E-state index < -0.39 is 71.1 Å². The number of benzene rings is 6. The average Bonchev–Trinajstić information content (AvgIpc) is 1.60. The van der Waals surface area contributed by atoms with Gasteiger partial charge in [0.15, 0.2) is 0 Å². The highest BCUT2D eigenvalue weighted by atomic mass is 19.1. The first kappa shape index (κ1) is 66.0. The lowest BCUT2D eigenvalue weighted by Crippen LogP contribution is -2.27. The molecule has 4 atom stereocenters. The van der Waals surface area contributed by atoms with E-state index in [0.29, 0.717) is 46.8 Å². The second kappa shape index (κ2) is 28.0. The number of nitriles is 2. The van der Waals surface area contributed by atoms with Gasteiger partial charge in [-0.3, -0.25) is 9.59 Å². The molecule has 12 rings (SSSR count). The molecule has 20 nitrogen and oxygen atoms in total. The highest BCUT2D eigenvalue weighted by molar-refractivity contribution is 5.93. The second-order valence-corrected chi connectivity index (χ2v) is 22.7. The SMILES string of the molecule is CO[C@H]1CN(C(C)=O)C[C@@H]1n1c(Cc2cc(F)c(-c3cccc(OCc4ccc(C#N)cc4F)n3)cc2F)nc2ccc(C(=O)O)cc21.CO[C@H]1CN(C(C)=O)C[C@@H]1n1c(Cc2cc(F)c(-c3cccc(OCc4ccc(C#N)cc4F)n3)cc2F)nc2ccc(C(=O)O)cc21. The van der Waals surface area contributed by atoms with E-state index in [2.05, 4.69) is 19.9 Å². The Morgan fingerprint density at radius 2 is 0.885 bits per heavy atom. The highest BCUT2D eigenvalue weighted by Gasteiger charge is 2.40. The van der Waals surface area contributed by atoms with Crippen LogP contribution in [0.3, 0.4) is 0 Å². The lowest BCUT2D eigenvalue weighted by molar-refractivity contribution is -0.129. The predicted molar refractivity (Wildman–Crippen MR) is 333 cm³/mol. The van der Waals surface area contributed by atoms with Crippen molar-refractivity contribution in [2.24, 2.45) is 0 Å². The Balaban J connectivity index is 0.000000195. The number of methoxy groups -OCH3 is 2. The number of hydrogen-bond acceptors (Lipinski definition) is 14. The maximum atomic E-state index is 15.7. The molecular formula is C70H56F6N10O10. The molecule has 0 unspecified atom stereocenters. The number of nitrogens with zero attached hydrogens (tertiary/aromatic N) is 10. The first-order chi connectivity index (χ1) is 46.1. The molecule has 26 heteroatoms. The van der Waals surface area contributed by atoms with Crippen molar-refractivity contribution in [2.75, 3.05) is 40.4 Å². The van der Waals surface area contributed by atoms with Crippen molar-refractivity contribution >= 4 is 45.8 Å². The van der Waals surface area contributed by atoms with Crippen LogP contribution < -0.4 is 9.47 Å². The molecule has 2 aliphatic rings. The first-order valence-electron chi connectivity index (χ1n) is 29.7. The van der Waals surface area contributed by atoms with Gasteiger partial charge in [-0.15, -0.1) is 0 Å². The first-order valence-corrected chi connectivity index (χ1v) is 29.7. The van der Waals surface area contributed by atoms with Gasteiger partial charge < -0.3 is 48.1 Å². The van der Waals surface area contributed by atoms with Gasteiger partial charge in [-0.1, -0.05) is 24.3 Å². The average molecular weight is 1310 g/mol. The van der Waals surface area contributed by atoms with Crippen molar-refractivity contribution in [3.05, 3.63) is 225 Å². The molecule has 2 aliphatic heterocycles. The van der Waals surface area contributed by atoms with Crippen molar-refractivity contribution in [3.8, 4) is 46.4 Å². The summed E-state index contributed by atoms with van der Waals surface area (Å²) in [6, 6.07) is 32.8. The van der Waals surface area contributed by atoms with Crippen LogP contribution in [0.25, 0.3) is 44.6 Å². The van der Waals surface area contributed by atoms with E-state index in [9.17, 15) is 38.2 Å². The maximum absolute atomic E-state index is 15.7. The number of fused-ring (bicyclic) bond motifs is 2. The number of rotatable bonds is 18. The molecule has 0 aliphatic carbocycles. The zero-order valence-corrected chi connectivity index (χ0v) is 51.6. The fraction of sp³-hybridized carbons (Fsp3) is 0.229. The van der Waals surface area contributed by atoms with Crippen molar-refractivity contribution in [3.63, 3.8) is 0 Å². The quantitative estimate of drug-likeness (QED) is 0.0757. The third-order valence-electron chi connectivity index (χ3n) is 16.7. The molecule has 2 amide bonds. The molecule has 6 heterocycles. The van der Waals surface area contributed by atoms with Crippen LogP contribution in [0.2, 0.25) is 0 Å². The Morgan fingerprint density at radius 3 is 1.24 bits per heavy atom. The van der Waals surface area contributed by atoms with Gasteiger partial charge in [-0.25, -0.2) is 55.9 Å². The molecule has 0 bridgehead atoms. The molecule has 488 valence electrons. The number of likely N-dealkylation sites (tertiary alicyclic amines) is 2. The summed E-state index contributed by atoms with van der Waals surface area (Å²) in [5, 5.41) is 37.1. The number of aromatic nitrogens is 6. The number of ether oxygens (including phenoxy) is 4. The van der Waals surface area contributed by atoms with Crippen LogP contribution in [0.15, 0.2) is 133 Å². The predicted octanol–water partition coefficient (Wildman–Crippen LogP) is 11.3. The van der Waals surface area contributed by atoms with Crippen LogP contribution >= 0.6 is 0 Å². The summed E-state index contributed by atoms with van der Waals surface area (Å²) in [7, 11) is 3.02. The molecule has 2 N–H and O–H groups in total. The lowest BCUT2D eigenvalue weighted by Gasteiger charge is -2.22. The van der Waals surface area contributed by atoms with Crippen LogP contribution in [0.1, 0.15) is 91.7 Å².